The molecule has 1 N–H and O–H groups in total. The van der Waals surface area contributed by atoms with E-state index in [9.17, 15) is 4.79 Å². The molecule has 26 heavy (non-hydrogen) atoms. The summed E-state index contributed by atoms with van der Waals surface area (Å²) >= 11 is 1.42. The van der Waals surface area contributed by atoms with Gasteiger partial charge >= 0.3 is 0 Å². The zero-order valence-corrected chi connectivity index (χ0v) is 15.8. The Bertz CT molecular complexity index is 930. The van der Waals surface area contributed by atoms with Gasteiger partial charge in [0, 0.05) is 10.9 Å². The molecule has 0 radical (unpaired) electrons. The van der Waals surface area contributed by atoms with Crippen LogP contribution < -0.4 is 10.1 Å². The first-order valence-corrected chi connectivity index (χ1v) is 9.35. The SMILES string of the molecule is COc1ccccc1C(C)NC(=O)CSc1nc(C)nc2ccccc12. The first kappa shape index (κ1) is 18.2. The molecule has 1 atom stereocenters. The Labute approximate surface area is 157 Å². The molecule has 1 amide bonds. The fourth-order valence-corrected chi connectivity index (χ4v) is 3.66. The number of rotatable bonds is 6. The van der Waals surface area contributed by atoms with Gasteiger partial charge in [-0.25, -0.2) is 9.97 Å². The van der Waals surface area contributed by atoms with Crippen molar-refractivity contribution in [2.24, 2.45) is 0 Å². The van der Waals surface area contributed by atoms with Crippen LogP contribution in [0.15, 0.2) is 53.6 Å². The van der Waals surface area contributed by atoms with Crippen LogP contribution in [0.3, 0.4) is 0 Å². The fourth-order valence-electron chi connectivity index (χ4n) is 2.79. The van der Waals surface area contributed by atoms with Gasteiger partial charge in [-0.05, 0) is 26.0 Å². The van der Waals surface area contributed by atoms with E-state index >= 15 is 0 Å². The lowest BCUT2D eigenvalue weighted by molar-refractivity contribution is -0.119. The number of nitrogens with zero attached hydrogens (tertiary/aromatic N) is 2. The summed E-state index contributed by atoms with van der Waals surface area (Å²) < 4.78 is 5.37. The van der Waals surface area contributed by atoms with Gasteiger partial charge < -0.3 is 10.1 Å². The molecule has 134 valence electrons. The van der Waals surface area contributed by atoms with Gasteiger partial charge in [0.1, 0.15) is 16.6 Å². The van der Waals surface area contributed by atoms with Crippen LogP contribution in [0.25, 0.3) is 10.9 Å². The van der Waals surface area contributed by atoms with Gasteiger partial charge in [-0.3, -0.25) is 4.79 Å². The number of thioether (sulfide) groups is 1. The Kier molecular flexibility index (Phi) is 5.73. The Balaban J connectivity index is 1.68. The van der Waals surface area contributed by atoms with Crippen molar-refractivity contribution in [1.29, 1.82) is 0 Å². The van der Waals surface area contributed by atoms with Crippen LogP contribution in [0, 0.1) is 6.92 Å². The molecule has 1 heterocycles. The van der Waals surface area contributed by atoms with E-state index in [1.807, 2.05) is 62.4 Å². The molecule has 0 fully saturated rings. The van der Waals surface area contributed by atoms with E-state index in [-0.39, 0.29) is 11.9 Å². The third-order valence-corrected chi connectivity index (χ3v) is 4.99. The van der Waals surface area contributed by atoms with Crippen molar-refractivity contribution < 1.29 is 9.53 Å². The maximum absolute atomic E-state index is 12.4. The number of aryl methyl sites for hydroxylation is 1. The number of hydrogen-bond donors (Lipinski definition) is 1. The van der Waals surface area contributed by atoms with E-state index in [4.69, 9.17) is 4.74 Å². The second kappa shape index (κ2) is 8.19. The number of aromatic nitrogens is 2. The van der Waals surface area contributed by atoms with E-state index in [0.29, 0.717) is 11.6 Å². The number of para-hydroxylation sites is 2. The van der Waals surface area contributed by atoms with Crippen LogP contribution in [0.1, 0.15) is 24.4 Å². The van der Waals surface area contributed by atoms with Crippen LogP contribution >= 0.6 is 11.8 Å². The lowest BCUT2D eigenvalue weighted by Crippen LogP contribution is -2.28. The van der Waals surface area contributed by atoms with Crippen molar-refractivity contribution in [3.05, 3.63) is 59.9 Å². The Morgan fingerprint density at radius 3 is 2.69 bits per heavy atom. The maximum Gasteiger partial charge on any atom is 0.230 e. The Morgan fingerprint density at radius 1 is 1.15 bits per heavy atom. The number of methoxy groups -OCH3 is 1. The predicted molar refractivity (Wildman–Crippen MR) is 105 cm³/mol. The third-order valence-electron chi connectivity index (χ3n) is 4.00. The number of amides is 1. The van der Waals surface area contributed by atoms with Crippen LogP contribution in [-0.2, 0) is 4.79 Å². The summed E-state index contributed by atoms with van der Waals surface area (Å²) in [6, 6.07) is 15.4. The summed E-state index contributed by atoms with van der Waals surface area (Å²) in [6.07, 6.45) is 0. The van der Waals surface area contributed by atoms with E-state index in [1.54, 1.807) is 7.11 Å². The van der Waals surface area contributed by atoms with E-state index < -0.39 is 0 Å². The average Bonchev–Trinajstić information content (AvgIpc) is 2.65. The highest BCUT2D eigenvalue weighted by atomic mass is 32.2. The fraction of sp³-hybridized carbons (Fsp3) is 0.250. The second-order valence-electron chi connectivity index (χ2n) is 5.91. The summed E-state index contributed by atoms with van der Waals surface area (Å²) in [5, 5.41) is 4.81. The topological polar surface area (TPSA) is 64.1 Å². The first-order valence-electron chi connectivity index (χ1n) is 8.37. The van der Waals surface area contributed by atoms with Gasteiger partial charge in [0.25, 0.3) is 0 Å². The van der Waals surface area contributed by atoms with E-state index in [1.165, 1.54) is 11.8 Å². The molecular formula is C20H21N3O2S. The van der Waals surface area contributed by atoms with Crippen LogP contribution in [0.5, 0.6) is 5.75 Å². The van der Waals surface area contributed by atoms with Gasteiger partial charge in [0.2, 0.25) is 5.91 Å². The molecule has 0 aliphatic rings. The molecule has 0 bridgehead atoms. The molecule has 0 spiro atoms. The molecular weight excluding hydrogens is 346 g/mol. The summed E-state index contributed by atoms with van der Waals surface area (Å²) in [6.45, 7) is 3.81. The second-order valence-corrected chi connectivity index (χ2v) is 6.88. The lowest BCUT2D eigenvalue weighted by Gasteiger charge is -2.17. The molecule has 1 unspecified atom stereocenters. The summed E-state index contributed by atoms with van der Waals surface area (Å²) in [5.41, 5.74) is 1.85. The minimum absolute atomic E-state index is 0.0475. The highest BCUT2D eigenvalue weighted by Crippen LogP contribution is 2.26. The molecule has 0 aliphatic carbocycles. The van der Waals surface area contributed by atoms with Crippen LogP contribution in [0.4, 0.5) is 0 Å². The smallest absolute Gasteiger partial charge is 0.230 e. The number of nitrogens with one attached hydrogen (secondary N) is 1. The number of fused-ring (bicyclic) bond motifs is 1. The minimum Gasteiger partial charge on any atom is -0.496 e. The Hall–Kier alpha value is -2.60. The van der Waals surface area contributed by atoms with Crippen molar-refractivity contribution in [1.82, 2.24) is 15.3 Å². The van der Waals surface area contributed by atoms with E-state index in [0.717, 1.165) is 27.2 Å². The van der Waals surface area contributed by atoms with Gasteiger partial charge in [-0.1, -0.05) is 48.2 Å². The lowest BCUT2D eigenvalue weighted by atomic mass is 10.1. The zero-order valence-electron chi connectivity index (χ0n) is 15.0. The molecule has 6 heteroatoms. The number of carbonyl (C=O) groups excluding carboxylic acids is 1. The average molecular weight is 367 g/mol. The minimum atomic E-state index is -0.136. The molecule has 5 nitrogen and oxygen atoms in total. The monoisotopic (exact) mass is 367 g/mol. The normalized spacial score (nSPS) is 12.0. The molecule has 1 aromatic heterocycles. The molecule has 3 aromatic rings. The first-order chi connectivity index (χ1) is 12.6. The molecule has 0 aliphatic heterocycles. The van der Waals surface area contributed by atoms with Crippen LogP contribution in [0.2, 0.25) is 0 Å². The van der Waals surface area contributed by atoms with Crippen molar-refractivity contribution >= 4 is 28.6 Å². The predicted octanol–water partition coefficient (Wildman–Crippen LogP) is 3.92. The third kappa shape index (κ3) is 4.14. The molecule has 0 saturated carbocycles. The standard InChI is InChI=1S/C20H21N3O2S/c1-13(15-8-5-7-11-18(15)25-3)21-19(24)12-26-20-16-9-4-6-10-17(16)22-14(2)23-20/h4-11,13H,12H2,1-3H3,(H,21,24). The van der Waals surface area contributed by atoms with Crippen molar-refractivity contribution in [3.8, 4) is 5.75 Å². The maximum atomic E-state index is 12.4. The van der Waals surface area contributed by atoms with Gasteiger partial charge in [0.15, 0.2) is 0 Å². The zero-order chi connectivity index (χ0) is 18.5. The number of hydrogen-bond acceptors (Lipinski definition) is 5. The Morgan fingerprint density at radius 2 is 1.88 bits per heavy atom. The molecule has 3 rings (SSSR count). The van der Waals surface area contributed by atoms with Gasteiger partial charge in [-0.2, -0.15) is 0 Å². The van der Waals surface area contributed by atoms with E-state index in [2.05, 4.69) is 15.3 Å². The van der Waals surface area contributed by atoms with Crippen molar-refractivity contribution in [3.63, 3.8) is 0 Å². The number of ether oxygens (including phenoxy) is 1. The van der Waals surface area contributed by atoms with Crippen molar-refractivity contribution in [2.75, 3.05) is 12.9 Å². The molecule has 2 aromatic carbocycles. The number of carbonyl (C=O) groups is 1. The molecule has 0 saturated heterocycles. The number of benzene rings is 2. The highest BCUT2D eigenvalue weighted by molar-refractivity contribution is 8.00. The van der Waals surface area contributed by atoms with Crippen molar-refractivity contribution in [2.45, 2.75) is 24.9 Å². The highest BCUT2D eigenvalue weighted by Gasteiger charge is 2.15. The quantitative estimate of drug-likeness (QED) is 0.528. The van der Waals surface area contributed by atoms with Gasteiger partial charge in [-0.15, -0.1) is 0 Å². The van der Waals surface area contributed by atoms with Gasteiger partial charge in [0.05, 0.1) is 24.4 Å². The summed E-state index contributed by atoms with van der Waals surface area (Å²) in [5.74, 6) is 1.72. The largest absolute Gasteiger partial charge is 0.496 e. The van der Waals surface area contributed by atoms with Crippen LogP contribution in [-0.4, -0.2) is 28.7 Å². The summed E-state index contributed by atoms with van der Waals surface area (Å²) in [4.78, 5) is 21.3. The summed E-state index contributed by atoms with van der Waals surface area (Å²) in [7, 11) is 1.63.